The second kappa shape index (κ2) is 15.1. The lowest BCUT2D eigenvalue weighted by atomic mass is 9.99. The SMILES string of the molecule is COc1ccc2c(c1)CCN(C1CCN(C(=O)[C@@H](CC(=O)c3cc(Br)c(N)c(Br)c3)NC(=O)CN3CCN(C)CC3)CC1)C(=O)N2. The molecule has 248 valence electrons. The summed E-state index contributed by atoms with van der Waals surface area (Å²) in [6.45, 7) is 4.76. The number of carbonyl (C=O) groups is 4. The first kappa shape index (κ1) is 34.1. The maximum Gasteiger partial charge on any atom is 0.322 e. The molecule has 0 saturated carbocycles. The van der Waals surface area contributed by atoms with E-state index in [4.69, 9.17) is 10.5 Å². The number of nitrogens with one attached hydrogen (secondary N) is 2. The summed E-state index contributed by atoms with van der Waals surface area (Å²) in [5.41, 5.74) is 8.65. The fourth-order valence-electron chi connectivity index (χ4n) is 6.22. The van der Waals surface area contributed by atoms with Gasteiger partial charge in [-0.25, -0.2) is 4.79 Å². The van der Waals surface area contributed by atoms with Gasteiger partial charge in [0.2, 0.25) is 11.8 Å². The average Bonchev–Trinajstić information content (AvgIpc) is 3.21. The number of nitrogens with two attached hydrogens (primary N) is 1. The number of ether oxygens (including phenoxy) is 1. The molecular formula is C32H41Br2N7O5. The second-order valence-corrected chi connectivity index (χ2v) is 13.8. The zero-order valence-electron chi connectivity index (χ0n) is 26.2. The molecule has 0 bridgehead atoms. The van der Waals surface area contributed by atoms with Gasteiger partial charge in [-0.2, -0.15) is 0 Å². The summed E-state index contributed by atoms with van der Waals surface area (Å²) in [6.07, 6.45) is 1.68. The van der Waals surface area contributed by atoms with Crippen LogP contribution in [0.3, 0.4) is 0 Å². The quantitative estimate of drug-likeness (QED) is 0.262. The van der Waals surface area contributed by atoms with Gasteiger partial charge in [-0.05, 0) is 94.1 Å². The van der Waals surface area contributed by atoms with Crippen LogP contribution in [-0.4, -0.2) is 122 Å². The molecule has 1 atom stereocenters. The van der Waals surface area contributed by atoms with E-state index < -0.39 is 6.04 Å². The molecule has 3 heterocycles. The van der Waals surface area contributed by atoms with Crippen LogP contribution in [0.5, 0.6) is 5.75 Å². The normalized spacial score (nSPS) is 18.7. The van der Waals surface area contributed by atoms with Gasteiger partial charge in [0.1, 0.15) is 11.8 Å². The Hall–Kier alpha value is -3.20. The highest BCUT2D eigenvalue weighted by Gasteiger charge is 2.35. The molecule has 12 nitrogen and oxygen atoms in total. The van der Waals surface area contributed by atoms with Gasteiger partial charge in [-0.1, -0.05) is 0 Å². The molecule has 2 aromatic carbocycles. The fourth-order valence-corrected chi connectivity index (χ4v) is 7.41. The number of likely N-dealkylation sites (N-methyl/N-ethyl adjacent to an activating group) is 1. The third-order valence-electron chi connectivity index (χ3n) is 9.04. The number of ketones is 1. The average molecular weight is 764 g/mol. The van der Waals surface area contributed by atoms with E-state index in [0.29, 0.717) is 59.1 Å². The van der Waals surface area contributed by atoms with Gasteiger partial charge in [0.15, 0.2) is 5.78 Å². The van der Waals surface area contributed by atoms with Crippen molar-refractivity contribution in [2.45, 2.75) is 37.8 Å². The maximum absolute atomic E-state index is 13.9. The molecule has 4 amide bonds. The third kappa shape index (κ3) is 8.20. The Morgan fingerprint density at radius 2 is 1.70 bits per heavy atom. The number of likely N-dealkylation sites (tertiary alicyclic amines) is 1. The summed E-state index contributed by atoms with van der Waals surface area (Å²) in [4.78, 5) is 61.6. The molecule has 0 aromatic heterocycles. The van der Waals surface area contributed by atoms with Crippen molar-refractivity contribution in [3.63, 3.8) is 0 Å². The van der Waals surface area contributed by atoms with E-state index in [2.05, 4.69) is 52.3 Å². The molecule has 2 saturated heterocycles. The molecule has 46 heavy (non-hydrogen) atoms. The number of amides is 4. The summed E-state index contributed by atoms with van der Waals surface area (Å²) in [5, 5.41) is 5.91. The van der Waals surface area contributed by atoms with Crippen LogP contribution in [0.25, 0.3) is 0 Å². The summed E-state index contributed by atoms with van der Waals surface area (Å²) < 4.78 is 6.48. The van der Waals surface area contributed by atoms with Gasteiger partial charge in [-0.15, -0.1) is 0 Å². The number of halogens is 2. The minimum Gasteiger partial charge on any atom is -0.497 e. The number of anilines is 2. The number of Topliss-reactive ketones (excluding diaryl/α,β-unsaturated/α-hetero) is 1. The molecule has 3 aliphatic heterocycles. The number of urea groups is 1. The van der Waals surface area contributed by atoms with E-state index in [9.17, 15) is 19.2 Å². The summed E-state index contributed by atoms with van der Waals surface area (Å²) >= 11 is 6.77. The van der Waals surface area contributed by atoms with Gasteiger partial charge in [0, 0.05) is 78.5 Å². The Labute approximate surface area is 286 Å². The monoisotopic (exact) mass is 761 g/mol. The van der Waals surface area contributed by atoms with Crippen LogP contribution in [0, 0.1) is 0 Å². The van der Waals surface area contributed by atoms with E-state index in [0.717, 1.165) is 43.2 Å². The standard InChI is InChI=1S/C32H41Br2N7O5/c1-38-11-13-39(14-12-38)19-29(43)36-27(18-28(42)21-16-24(33)30(35)25(34)17-21)31(44)40-8-6-22(7-9-40)41-10-5-20-15-23(46-2)3-4-26(20)37-32(41)45/h3-4,15-17,22,27H,5-14,18-19,35H2,1-2H3,(H,36,43)(H,37,45)/t27-/m1/s1. The Morgan fingerprint density at radius 3 is 2.35 bits per heavy atom. The van der Waals surface area contributed by atoms with Crippen LogP contribution in [0.4, 0.5) is 16.2 Å². The van der Waals surface area contributed by atoms with Crippen LogP contribution in [0.2, 0.25) is 0 Å². The number of nitrogens with zero attached hydrogens (tertiary/aromatic N) is 4. The van der Waals surface area contributed by atoms with Crippen molar-refractivity contribution in [3.8, 4) is 5.75 Å². The molecule has 2 fully saturated rings. The van der Waals surface area contributed by atoms with E-state index in [1.807, 2.05) is 30.1 Å². The zero-order chi connectivity index (χ0) is 33.0. The lowest BCUT2D eigenvalue weighted by molar-refractivity contribution is -0.138. The van der Waals surface area contributed by atoms with Crippen molar-refractivity contribution in [2.75, 3.05) is 77.6 Å². The minimum absolute atomic E-state index is 0.0448. The molecule has 14 heteroatoms. The maximum atomic E-state index is 13.9. The van der Waals surface area contributed by atoms with E-state index in [-0.39, 0.29) is 42.6 Å². The van der Waals surface area contributed by atoms with Crippen LogP contribution in [0.15, 0.2) is 39.3 Å². The predicted molar refractivity (Wildman–Crippen MR) is 183 cm³/mol. The van der Waals surface area contributed by atoms with Gasteiger partial charge >= 0.3 is 6.03 Å². The van der Waals surface area contributed by atoms with E-state index >= 15 is 0 Å². The van der Waals surface area contributed by atoms with Crippen LogP contribution in [0.1, 0.15) is 35.2 Å². The minimum atomic E-state index is -1.02. The van der Waals surface area contributed by atoms with Gasteiger partial charge < -0.3 is 35.8 Å². The highest BCUT2D eigenvalue weighted by molar-refractivity contribution is 9.11. The molecule has 0 unspecified atom stereocenters. The van der Waals surface area contributed by atoms with Crippen molar-refractivity contribution >= 4 is 66.9 Å². The number of methoxy groups -OCH3 is 1. The number of fused-ring (bicyclic) bond motifs is 1. The Balaban J connectivity index is 1.24. The number of benzene rings is 2. The van der Waals surface area contributed by atoms with Crippen molar-refractivity contribution in [3.05, 3.63) is 50.4 Å². The summed E-state index contributed by atoms with van der Waals surface area (Å²) in [7, 11) is 3.66. The lowest BCUT2D eigenvalue weighted by Crippen LogP contribution is -2.56. The number of piperidine rings is 1. The third-order valence-corrected chi connectivity index (χ3v) is 10.4. The highest BCUT2D eigenvalue weighted by Crippen LogP contribution is 2.31. The first-order chi connectivity index (χ1) is 22.0. The first-order valence-electron chi connectivity index (χ1n) is 15.5. The van der Waals surface area contributed by atoms with Crippen LogP contribution in [-0.2, 0) is 16.0 Å². The topological polar surface area (TPSA) is 141 Å². The molecule has 3 aliphatic rings. The van der Waals surface area contributed by atoms with Gasteiger partial charge in [-0.3, -0.25) is 19.3 Å². The van der Waals surface area contributed by atoms with Crippen molar-refractivity contribution in [1.82, 2.24) is 24.9 Å². The predicted octanol–water partition coefficient (Wildman–Crippen LogP) is 3.19. The number of carbonyl (C=O) groups excluding carboxylic acids is 4. The fraction of sp³-hybridized carbons (Fsp3) is 0.500. The Morgan fingerprint density at radius 1 is 1.02 bits per heavy atom. The second-order valence-electron chi connectivity index (χ2n) is 12.1. The number of nitrogen functional groups attached to an aromatic ring is 1. The van der Waals surface area contributed by atoms with E-state index in [1.165, 1.54) is 0 Å². The van der Waals surface area contributed by atoms with Gasteiger partial charge in [0.25, 0.3) is 0 Å². The Bertz CT molecular complexity index is 1450. The zero-order valence-corrected chi connectivity index (χ0v) is 29.4. The lowest BCUT2D eigenvalue weighted by Gasteiger charge is -2.39. The smallest absolute Gasteiger partial charge is 0.322 e. The molecule has 0 aliphatic carbocycles. The number of rotatable bonds is 9. The molecule has 5 rings (SSSR count). The molecule has 0 spiro atoms. The van der Waals surface area contributed by atoms with Crippen LogP contribution >= 0.6 is 31.9 Å². The molecular weight excluding hydrogens is 722 g/mol. The van der Waals surface area contributed by atoms with Crippen molar-refractivity contribution in [2.24, 2.45) is 0 Å². The molecule has 4 N–H and O–H groups in total. The van der Waals surface area contributed by atoms with Crippen molar-refractivity contribution in [1.29, 1.82) is 0 Å². The summed E-state index contributed by atoms with van der Waals surface area (Å²) in [5.74, 6) is -0.129. The summed E-state index contributed by atoms with van der Waals surface area (Å²) in [6, 6.07) is 7.66. The molecule has 2 aromatic rings. The molecule has 0 radical (unpaired) electrons. The number of piperazine rings is 1. The highest BCUT2D eigenvalue weighted by atomic mass is 79.9. The van der Waals surface area contributed by atoms with Crippen LogP contribution < -0.4 is 21.1 Å². The number of hydrogen-bond donors (Lipinski definition) is 3. The number of hydrogen-bond acceptors (Lipinski definition) is 8. The Kier molecular flexibility index (Phi) is 11.2. The van der Waals surface area contributed by atoms with E-state index in [1.54, 1.807) is 24.1 Å². The first-order valence-corrected chi connectivity index (χ1v) is 17.1. The van der Waals surface area contributed by atoms with Crippen molar-refractivity contribution < 1.29 is 23.9 Å². The largest absolute Gasteiger partial charge is 0.497 e. The van der Waals surface area contributed by atoms with Gasteiger partial charge in [0.05, 0.1) is 19.3 Å².